The molecule has 0 saturated carbocycles. The van der Waals surface area contributed by atoms with Crippen LogP contribution in [0.3, 0.4) is 0 Å². The van der Waals surface area contributed by atoms with Gasteiger partial charge in [-0.3, -0.25) is 9.20 Å². The molecule has 0 radical (unpaired) electrons. The second kappa shape index (κ2) is 8.32. The van der Waals surface area contributed by atoms with Gasteiger partial charge >= 0.3 is 0 Å². The summed E-state index contributed by atoms with van der Waals surface area (Å²) >= 11 is 2.84. The average molecular weight is 437 g/mol. The van der Waals surface area contributed by atoms with E-state index in [1.54, 1.807) is 22.6 Å². The Kier molecular flexibility index (Phi) is 5.81. The highest BCUT2D eigenvalue weighted by Crippen LogP contribution is 2.24. The molecule has 3 aromatic heterocycles. The van der Waals surface area contributed by atoms with Crippen molar-refractivity contribution in [2.24, 2.45) is 0 Å². The Hall–Kier alpha value is -1.75. The van der Waals surface area contributed by atoms with E-state index in [0.29, 0.717) is 34.5 Å². The number of thioether (sulfide) groups is 1. The van der Waals surface area contributed by atoms with Crippen LogP contribution in [0.4, 0.5) is 0 Å². The van der Waals surface area contributed by atoms with Crippen molar-refractivity contribution in [2.45, 2.75) is 41.4 Å². The van der Waals surface area contributed by atoms with E-state index < -0.39 is 10.0 Å². The zero-order chi connectivity index (χ0) is 19.6. The maximum absolute atomic E-state index is 12.8. The van der Waals surface area contributed by atoms with Crippen molar-refractivity contribution in [3.63, 3.8) is 0 Å². The Bertz CT molecular complexity index is 1110. The number of rotatable bonds is 5. The van der Waals surface area contributed by atoms with Gasteiger partial charge in [0.25, 0.3) is 5.56 Å². The third-order valence-electron chi connectivity index (χ3n) is 4.64. The van der Waals surface area contributed by atoms with Crippen LogP contribution in [0.2, 0.25) is 0 Å². The number of aromatic nitrogens is 3. The first-order chi connectivity index (χ1) is 13.5. The molecule has 3 aromatic rings. The van der Waals surface area contributed by atoms with Crippen molar-refractivity contribution in [2.75, 3.05) is 13.1 Å². The van der Waals surface area contributed by atoms with Crippen LogP contribution in [0.5, 0.6) is 0 Å². The molecule has 4 rings (SSSR count). The van der Waals surface area contributed by atoms with Crippen LogP contribution in [-0.4, -0.2) is 40.2 Å². The summed E-state index contributed by atoms with van der Waals surface area (Å²) in [7, 11) is -3.49. The van der Waals surface area contributed by atoms with E-state index in [1.807, 2.05) is 5.38 Å². The van der Waals surface area contributed by atoms with E-state index >= 15 is 0 Å². The second-order valence-corrected chi connectivity index (χ2v) is 10.4. The van der Waals surface area contributed by atoms with Crippen molar-refractivity contribution in [1.82, 2.24) is 18.7 Å². The van der Waals surface area contributed by atoms with E-state index in [2.05, 4.69) is 9.97 Å². The molecule has 7 nitrogen and oxygen atoms in total. The third kappa shape index (κ3) is 4.14. The van der Waals surface area contributed by atoms with Crippen molar-refractivity contribution in [3.05, 3.63) is 52.0 Å². The fourth-order valence-corrected chi connectivity index (χ4v) is 6.08. The number of hydrogen-bond donors (Lipinski definition) is 0. The Morgan fingerprint density at radius 3 is 2.64 bits per heavy atom. The lowest BCUT2D eigenvalue weighted by Gasteiger charge is -2.19. The van der Waals surface area contributed by atoms with Crippen molar-refractivity contribution >= 4 is 38.1 Å². The Balaban J connectivity index is 1.46. The van der Waals surface area contributed by atoms with E-state index in [0.717, 1.165) is 25.7 Å². The minimum Gasteiger partial charge on any atom is -0.269 e. The van der Waals surface area contributed by atoms with Gasteiger partial charge < -0.3 is 0 Å². The lowest BCUT2D eigenvalue weighted by Crippen LogP contribution is -2.32. The SMILES string of the molecule is O=c1cc(CSc2ccc(S(=O)(=O)N3CCCCCC3)cn2)nc2sccn12. The lowest BCUT2D eigenvalue weighted by atomic mass is 10.2. The largest absolute Gasteiger partial charge is 0.269 e. The average Bonchev–Trinajstić information content (AvgIpc) is 2.99. The molecule has 1 aliphatic rings. The van der Waals surface area contributed by atoms with Crippen LogP contribution < -0.4 is 5.56 Å². The molecule has 28 heavy (non-hydrogen) atoms. The molecule has 0 N–H and O–H groups in total. The fraction of sp³-hybridized carbons (Fsp3) is 0.389. The van der Waals surface area contributed by atoms with Crippen molar-refractivity contribution < 1.29 is 8.42 Å². The van der Waals surface area contributed by atoms with Gasteiger partial charge in [0.05, 0.1) is 10.7 Å². The number of pyridine rings is 1. The maximum Gasteiger partial charge on any atom is 0.258 e. The molecule has 0 aromatic carbocycles. The van der Waals surface area contributed by atoms with Gasteiger partial charge in [0.1, 0.15) is 4.90 Å². The number of hydrogen-bond acceptors (Lipinski definition) is 7. The van der Waals surface area contributed by atoms with E-state index in [-0.39, 0.29) is 10.5 Å². The molecule has 1 aliphatic heterocycles. The molecule has 0 aliphatic carbocycles. The van der Waals surface area contributed by atoms with E-state index in [1.165, 1.54) is 39.8 Å². The minimum atomic E-state index is -3.49. The van der Waals surface area contributed by atoms with E-state index in [4.69, 9.17) is 0 Å². The van der Waals surface area contributed by atoms with Crippen LogP contribution in [0, 0.1) is 0 Å². The highest BCUT2D eigenvalue weighted by Gasteiger charge is 2.25. The summed E-state index contributed by atoms with van der Waals surface area (Å²) in [5.41, 5.74) is 0.578. The first-order valence-electron chi connectivity index (χ1n) is 9.09. The maximum atomic E-state index is 12.8. The summed E-state index contributed by atoms with van der Waals surface area (Å²) in [6, 6.07) is 4.84. The number of nitrogens with zero attached hydrogens (tertiary/aromatic N) is 4. The quantitative estimate of drug-likeness (QED) is 0.572. The molecule has 0 bridgehead atoms. The van der Waals surface area contributed by atoms with Gasteiger partial charge in [-0.2, -0.15) is 4.31 Å². The number of sulfonamides is 1. The van der Waals surface area contributed by atoms with Gasteiger partial charge in [-0.25, -0.2) is 18.4 Å². The summed E-state index contributed by atoms with van der Waals surface area (Å²) < 4.78 is 28.7. The topological polar surface area (TPSA) is 84.6 Å². The number of fused-ring (bicyclic) bond motifs is 1. The summed E-state index contributed by atoms with van der Waals surface area (Å²) in [5.74, 6) is 0.495. The molecule has 1 saturated heterocycles. The van der Waals surface area contributed by atoms with Crippen molar-refractivity contribution in [3.8, 4) is 0 Å². The zero-order valence-corrected chi connectivity index (χ0v) is 17.6. The van der Waals surface area contributed by atoms with Gasteiger partial charge in [0.2, 0.25) is 10.0 Å². The molecule has 10 heteroatoms. The Labute approximate surface area is 171 Å². The normalized spacial score (nSPS) is 16.3. The van der Waals surface area contributed by atoms with Crippen LogP contribution >= 0.6 is 23.1 Å². The second-order valence-electron chi connectivity index (χ2n) is 6.58. The standard InChI is InChI=1S/C18H20N4O3S3/c23-17-11-14(20-18-22(17)9-10-26-18)13-27-16-6-5-15(12-19-16)28(24,25)21-7-3-1-2-4-8-21/h5-6,9-12H,1-4,7-8,13H2. The van der Waals surface area contributed by atoms with Crippen molar-refractivity contribution in [1.29, 1.82) is 0 Å². The predicted molar refractivity (Wildman–Crippen MR) is 110 cm³/mol. The first-order valence-corrected chi connectivity index (χ1v) is 12.4. The van der Waals surface area contributed by atoms with Crippen LogP contribution in [0.15, 0.2) is 50.7 Å². The summed E-state index contributed by atoms with van der Waals surface area (Å²) in [6.45, 7) is 1.15. The zero-order valence-electron chi connectivity index (χ0n) is 15.2. The van der Waals surface area contributed by atoms with Crippen LogP contribution in [-0.2, 0) is 15.8 Å². The smallest absolute Gasteiger partial charge is 0.258 e. The summed E-state index contributed by atoms with van der Waals surface area (Å²) in [5, 5.41) is 2.52. The molecule has 148 valence electrons. The Morgan fingerprint density at radius 1 is 1.14 bits per heavy atom. The minimum absolute atomic E-state index is 0.103. The van der Waals surface area contributed by atoms with Gasteiger partial charge in [-0.15, -0.1) is 23.1 Å². The summed E-state index contributed by atoms with van der Waals surface area (Å²) in [6.07, 6.45) is 7.10. The first kappa shape index (κ1) is 19.6. The summed E-state index contributed by atoms with van der Waals surface area (Å²) in [4.78, 5) is 21.7. The Morgan fingerprint density at radius 2 is 1.93 bits per heavy atom. The lowest BCUT2D eigenvalue weighted by molar-refractivity contribution is 0.423. The predicted octanol–water partition coefficient (Wildman–Crippen LogP) is 3.01. The third-order valence-corrected chi connectivity index (χ3v) is 8.25. The molecule has 1 fully saturated rings. The van der Waals surface area contributed by atoms with Gasteiger partial charge in [0, 0.05) is 42.7 Å². The highest BCUT2D eigenvalue weighted by atomic mass is 32.2. The number of thiazole rings is 1. The molecular weight excluding hydrogens is 416 g/mol. The van der Waals surface area contributed by atoms with Gasteiger partial charge in [-0.05, 0) is 25.0 Å². The fourth-order valence-electron chi connectivity index (χ4n) is 3.15. The molecule has 4 heterocycles. The monoisotopic (exact) mass is 436 g/mol. The van der Waals surface area contributed by atoms with Crippen LogP contribution in [0.1, 0.15) is 31.4 Å². The highest BCUT2D eigenvalue weighted by molar-refractivity contribution is 7.98. The molecule has 0 unspecified atom stereocenters. The van der Waals surface area contributed by atoms with Crippen LogP contribution in [0.25, 0.3) is 4.96 Å². The molecule has 0 atom stereocenters. The van der Waals surface area contributed by atoms with Gasteiger partial charge in [-0.1, -0.05) is 12.8 Å². The van der Waals surface area contributed by atoms with E-state index in [9.17, 15) is 13.2 Å². The molecule has 0 amide bonds. The molecular formula is C18H20N4O3S3. The molecule has 0 spiro atoms. The van der Waals surface area contributed by atoms with Gasteiger partial charge in [0.15, 0.2) is 4.96 Å².